The van der Waals surface area contributed by atoms with Gasteiger partial charge in [0.25, 0.3) is 0 Å². The number of hydrogen-bond acceptors (Lipinski definition) is 4. The number of benzene rings is 3. The van der Waals surface area contributed by atoms with Crippen molar-refractivity contribution >= 4 is 23.7 Å². The summed E-state index contributed by atoms with van der Waals surface area (Å²) in [5.41, 5.74) is 5.69. The van der Waals surface area contributed by atoms with Gasteiger partial charge >= 0.3 is 12.1 Å². The molecule has 0 heterocycles. The number of fused-ring (bicyclic) bond motifs is 3. The van der Waals surface area contributed by atoms with Gasteiger partial charge in [0.05, 0.1) is 11.3 Å². The van der Waals surface area contributed by atoms with Crippen LogP contribution in [0.1, 0.15) is 46.3 Å². The molecule has 2 amide bonds. The molecule has 0 bridgehead atoms. The summed E-state index contributed by atoms with van der Waals surface area (Å²) in [5.74, 6) is -1.55. The van der Waals surface area contributed by atoms with Crippen LogP contribution < -0.4 is 10.6 Å². The standard InChI is InChI=1S/C27H26N2O5/c1-2-17-11-12-24(22(15-17)26(31)32)29-25(30)13-14-28-27(33)34-16-23-20-9-5-3-7-18(20)19-8-4-6-10-21(19)23/h3-12,15,23H,2,13-14,16H2,1H3,(H,28,33)(H,29,30)(H,31,32). The van der Waals surface area contributed by atoms with Gasteiger partial charge in [0.2, 0.25) is 5.91 Å². The minimum absolute atomic E-state index is 0.0151. The molecule has 0 fully saturated rings. The van der Waals surface area contributed by atoms with Crippen LogP contribution >= 0.6 is 0 Å². The molecule has 3 aromatic carbocycles. The maximum absolute atomic E-state index is 12.3. The van der Waals surface area contributed by atoms with Crippen LogP contribution in [0.15, 0.2) is 66.7 Å². The molecule has 0 radical (unpaired) electrons. The number of rotatable bonds is 8. The lowest BCUT2D eigenvalue weighted by molar-refractivity contribution is -0.116. The zero-order chi connectivity index (χ0) is 24.1. The molecule has 0 atom stereocenters. The number of ether oxygens (including phenoxy) is 1. The molecule has 3 aromatic rings. The van der Waals surface area contributed by atoms with E-state index in [1.54, 1.807) is 18.2 Å². The summed E-state index contributed by atoms with van der Waals surface area (Å²) in [6, 6.07) is 21.1. The first kappa shape index (κ1) is 23.0. The zero-order valence-electron chi connectivity index (χ0n) is 18.8. The van der Waals surface area contributed by atoms with Crippen molar-refractivity contribution < 1.29 is 24.2 Å². The second-order valence-corrected chi connectivity index (χ2v) is 8.09. The summed E-state index contributed by atoms with van der Waals surface area (Å²) in [7, 11) is 0. The molecule has 7 nitrogen and oxygen atoms in total. The topological polar surface area (TPSA) is 105 Å². The van der Waals surface area contributed by atoms with Gasteiger partial charge < -0.3 is 20.5 Å². The molecule has 1 aliphatic rings. The third-order valence-electron chi connectivity index (χ3n) is 5.96. The van der Waals surface area contributed by atoms with E-state index in [-0.39, 0.29) is 36.7 Å². The predicted molar refractivity (Wildman–Crippen MR) is 129 cm³/mol. The van der Waals surface area contributed by atoms with Gasteiger partial charge in [0.1, 0.15) is 6.61 Å². The Kier molecular flexibility index (Phi) is 6.92. The van der Waals surface area contributed by atoms with Gasteiger partial charge in [-0.2, -0.15) is 0 Å². The maximum atomic E-state index is 12.3. The van der Waals surface area contributed by atoms with E-state index in [1.165, 1.54) is 0 Å². The number of hydrogen-bond donors (Lipinski definition) is 3. The number of amides is 2. The lowest BCUT2D eigenvalue weighted by atomic mass is 9.98. The molecule has 0 saturated heterocycles. The van der Waals surface area contributed by atoms with Gasteiger partial charge in [-0.05, 0) is 46.4 Å². The molecule has 3 N–H and O–H groups in total. The van der Waals surface area contributed by atoms with Gasteiger partial charge in [0, 0.05) is 18.9 Å². The Morgan fingerprint density at radius 3 is 2.21 bits per heavy atom. The molecule has 34 heavy (non-hydrogen) atoms. The second kappa shape index (κ2) is 10.2. The molecule has 0 saturated carbocycles. The number of nitrogens with one attached hydrogen (secondary N) is 2. The van der Waals surface area contributed by atoms with E-state index in [0.717, 1.165) is 27.8 Å². The van der Waals surface area contributed by atoms with Crippen molar-refractivity contribution in [2.75, 3.05) is 18.5 Å². The quantitative estimate of drug-likeness (QED) is 0.449. The third kappa shape index (κ3) is 4.93. The number of anilines is 1. The largest absolute Gasteiger partial charge is 0.478 e. The first-order valence-electron chi connectivity index (χ1n) is 11.2. The van der Waals surface area contributed by atoms with Crippen LogP contribution in [0.5, 0.6) is 0 Å². The lowest BCUT2D eigenvalue weighted by Crippen LogP contribution is -2.29. The van der Waals surface area contributed by atoms with Crippen LogP contribution in [-0.2, 0) is 16.0 Å². The number of carboxylic acids is 1. The fourth-order valence-corrected chi connectivity index (χ4v) is 4.24. The number of aryl methyl sites for hydroxylation is 1. The molecular weight excluding hydrogens is 432 g/mol. The van der Waals surface area contributed by atoms with E-state index in [9.17, 15) is 19.5 Å². The zero-order valence-corrected chi connectivity index (χ0v) is 18.8. The van der Waals surface area contributed by atoms with Crippen LogP contribution in [0.4, 0.5) is 10.5 Å². The Bertz CT molecular complexity index is 1190. The van der Waals surface area contributed by atoms with Crippen LogP contribution in [0, 0.1) is 0 Å². The number of alkyl carbamates (subject to hydrolysis) is 1. The fourth-order valence-electron chi connectivity index (χ4n) is 4.24. The molecule has 174 valence electrons. The highest BCUT2D eigenvalue weighted by molar-refractivity contribution is 6.00. The van der Waals surface area contributed by atoms with Crippen LogP contribution in [0.25, 0.3) is 11.1 Å². The van der Waals surface area contributed by atoms with Crippen LogP contribution in [0.2, 0.25) is 0 Å². The molecule has 0 unspecified atom stereocenters. The molecule has 0 aromatic heterocycles. The highest BCUT2D eigenvalue weighted by Crippen LogP contribution is 2.44. The molecule has 0 spiro atoms. The number of carboxylic acid groups (broad SMARTS) is 1. The van der Waals surface area contributed by atoms with Crippen LogP contribution in [-0.4, -0.2) is 36.2 Å². The Balaban J connectivity index is 1.28. The summed E-state index contributed by atoms with van der Waals surface area (Å²) in [6.45, 7) is 2.18. The summed E-state index contributed by atoms with van der Waals surface area (Å²) in [4.78, 5) is 36.0. The van der Waals surface area contributed by atoms with E-state index in [0.29, 0.717) is 6.42 Å². The minimum atomic E-state index is -1.11. The minimum Gasteiger partial charge on any atom is -0.478 e. The lowest BCUT2D eigenvalue weighted by Gasteiger charge is -2.14. The third-order valence-corrected chi connectivity index (χ3v) is 5.96. The Morgan fingerprint density at radius 1 is 0.941 bits per heavy atom. The van der Waals surface area contributed by atoms with Crippen molar-refractivity contribution in [3.8, 4) is 11.1 Å². The summed E-state index contributed by atoms with van der Waals surface area (Å²) >= 11 is 0. The monoisotopic (exact) mass is 458 g/mol. The normalized spacial score (nSPS) is 11.9. The van der Waals surface area contributed by atoms with Gasteiger partial charge in [0.15, 0.2) is 0 Å². The summed E-state index contributed by atoms with van der Waals surface area (Å²) in [6.07, 6.45) is 0.0744. The average molecular weight is 459 g/mol. The van der Waals surface area contributed by atoms with E-state index in [2.05, 4.69) is 22.8 Å². The number of carbonyl (C=O) groups excluding carboxylic acids is 2. The summed E-state index contributed by atoms with van der Waals surface area (Å²) in [5, 5.41) is 14.6. The van der Waals surface area contributed by atoms with Crippen LogP contribution in [0.3, 0.4) is 0 Å². The predicted octanol–water partition coefficient (Wildman–Crippen LogP) is 4.81. The van der Waals surface area contributed by atoms with E-state index in [1.807, 2.05) is 43.3 Å². The smallest absolute Gasteiger partial charge is 0.407 e. The van der Waals surface area contributed by atoms with Gasteiger partial charge in [-0.3, -0.25) is 4.79 Å². The SMILES string of the molecule is CCc1ccc(NC(=O)CCNC(=O)OCC2c3ccccc3-c3ccccc32)c(C(=O)O)c1. The van der Waals surface area contributed by atoms with Crippen molar-refractivity contribution in [1.82, 2.24) is 5.32 Å². The van der Waals surface area contributed by atoms with E-state index < -0.39 is 18.0 Å². The molecule has 1 aliphatic carbocycles. The van der Waals surface area contributed by atoms with Crippen molar-refractivity contribution in [2.24, 2.45) is 0 Å². The molecule has 7 heteroatoms. The van der Waals surface area contributed by atoms with Gasteiger partial charge in [-0.15, -0.1) is 0 Å². The Morgan fingerprint density at radius 2 is 1.59 bits per heavy atom. The van der Waals surface area contributed by atoms with Gasteiger partial charge in [-0.1, -0.05) is 61.5 Å². The summed E-state index contributed by atoms with van der Waals surface area (Å²) < 4.78 is 5.46. The maximum Gasteiger partial charge on any atom is 0.407 e. The fraction of sp³-hybridized carbons (Fsp3) is 0.222. The van der Waals surface area contributed by atoms with Crippen molar-refractivity contribution in [3.05, 3.63) is 89.0 Å². The second-order valence-electron chi connectivity index (χ2n) is 8.09. The van der Waals surface area contributed by atoms with Crippen molar-refractivity contribution in [3.63, 3.8) is 0 Å². The number of carbonyl (C=O) groups is 3. The van der Waals surface area contributed by atoms with Gasteiger partial charge in [-0.25, -0.2) is 9.59 Å². The Labute approximate surface area is 197 Å². The van der Waals surface area contributed by atoms with Crippen molar-refractivity contribution in [2.45, 2.75) is 25.7 Å². The highest BCUT2D eigenvalue weighted by Gasteiger charge is 2.29. The highest BCUT2D eigenvalue weighted by atomic mass is 16.5. The average Bonchev–Trinajstić information content (AvgIpc) is 3.16. The van der Waals surface area contributed by atoms with E-state index >= 15 is 0 Å². The van der Waals surface area contributed by atoms with E-state index in [4.69, 9.17) is 4.74 Å². The molecule has 4 rings (SSSR count). The Hall–Kier alpha value is -4.13. The molecule has 0 aliphatic heterocycles. The first-order chi connectivity index (χ1) is 16.5. The first-order valence-corrected chi connectivity index (χ1v) is 11.2. The molecular formula is C27H26N2O5. The number of aromatic carboxylic acids is 1. The van der Waals surface area contributed by atoms with Crippen molar-refractivity contribution in [1.29, 1.82) is 0 Å².